The maximum absolute atomic E-state index is 9.78. The summed E-state index contributed by atoms with van der Waals surface area (Å²) in [5.41, 5.74) is 114. The van der Waals surface area contributed by atoms with Crippen molar-refractivity contribution >= 4 is 68.2 Å². The van der Waals surface area contributed by atoms with Crippen LogP contribution in [-0.2, 0) is 74.4 Å². The molecule has 0 aliphatic carbocycles. The fraction of sp³-hybridized carbons (Fsp3) is 0.492. The molecule has 6 unspecified atom stereocenters. The number of aliphatic hydroxyl groups is 6. The Hall–Kier alpha value is -7.98. The third-order valence-electron chi connectivity index (χ3n) is 13.8. The second-order valence-corrected chi connectivity index (χ2v) is 22.1. The number of nitrogens with two attached hydrogens (primary N) is 18. The minimum Gasteiger partial charge on any atom is -0.394 e. The van der Waals surface area contributed by atoms with Crippen LogP contribution in [0.2, 0.25) is 0 Å². The first-order chi connectivity index (χ1) is 41.8. The summed E-state index contributed by atoms with van der Waals surface area (Å²) in [5, 5.41) is 56.9. The summed E-state index contributed by atoms with van der Waals surface area (Å²) in [4.78, 5) is 0. The van der Waals surface area contributed by atoms with Crippen LogP contribution in [0.4, 0.5) is 68.2 Å². The van der Waals surface area contributed by atoms with Crippen molar-refractivity contribution in [3.63, 3.8) is 0 Å². The molecule has 0 radical (unpaired) electrons. The van der Waals surface area contributed by atoms with E-state index < -0.39 is 36.6 Å². The smallest absolute Gasteiger partial charge is 0.192 e. The summed E-state index contributed by atoms with van der Waals surface area (Å²) in [7, 11) is 11.1. The van der Waals surface area contributed by atoms with Crippen LogP contribution in [0.15, 0.2) is 74.4 Å². The summed E-state index contributed by atoms with van der Waals surface area (Å²) in [6, 6.07) is 0. The predicted octanol–water partition coefficient (Wildman–Crippen LogP) is -6.30. The van der Waals surface area contributed by atoms with Gasteiger partial charge in [0.2, 0.25) is 0 Å². The zero-order valence-corrected chi connectivity index (χ0v) is 53.2. The Morgan fingerprint density at radius 2 is 0.539 bits per heavy atom. The molecule has 6 aromatic rings. The second-order valence-electron chi connectivity index (χ2n) is 22.1. The molecule has 89 heavy (non-hydrogen) atoms. The Morgan fingerprint density at radius 3 is 0.831 bits per heavy atom. The molecule has 0 aliphatic rings. The lowest BCUT2D eigenvalue weighted by Gasteiger charge is -2.12. The molecular weight excluding hydrogens is 1140 g/mol. The first kappa shape index (κ1) is 79.0. The van der Waals surface area contributed by atoms with E-state index in [1.54, 1.807) is 80.2 Å². The molecule has 0 spiro atoms. The summed E-state index contributed by atoms with van der Waals surface area (Å²) in [6.07, 6.45) is 25.0. The van der Waals surface area contributed by atoms with Gasteiger partial charge in [0, 0.05) is 78.8 Å². The van der Waals surface area contributed by atoms with Crippen molar-refractivity contribution in [2.45, 2.75) is 107 Å². The number of rotatable bonds is 23. The molecule has 6 heterocycles. The van der Waals surface area contributed by atoms with Crippen molar-refractivity contribution < 1.29 is 58.0 Å². The van der Waals surface area contributed by atoms with E-state index in [0.717, 1.165) is 47.1 Å². The minimum absolute atomic E-state index is 0.113. The Morgan fingerprint density at radius 1 is 0.281 bits per heavy atom. The number of hydrogen-bond acceptors (Lipinski definition) is 24. The highest BCUT2D eigenvalue weighted by molar-refractivity contribution is 5.61. The van der Waals surface area contributed by atoms with E-state index in [0.29, 0.717) is 145 Å². The predicted molar refractivity (Wildman–Crippen MR) is 354 cm³/mol. The number of aliphatic hydroxyl groups excluding tert-OH is 6. The molecule has 0 amide bonds. The maximum atomic E-state index is 9.78. The van der Waals surface area contributed by atoms with Gasteiger partial charge in [-0.1, -0.05) is 0 Å². The fourth-order valence-corrected chi connectivity index (χ4v) is 9.16. The Balaban J connectivity index is 0.000000535. The quantitative estimate of drug-likeness (QED) is 0.0265. The SMILES string of the molecule is C[n+]1cc(N)c(C(O)CN)c(N)c1.C[n+]1cc(N)c(CC(O)CCCN)c(N)c1.C[n+]1cc(N)c(CC(O)CCN)c(N)c1.C[n+]1cc(N)c(CC(O)CN)c(N)c1.C[n+]1cc(N)c(CCC(O)CN)c(N)c1.C[n+]1cc(N)c(CCCC(O)CN)c(N)c1. The third kappa shape index (κ3) is 28.8. The standard InChI is InChI=1S/2C11H21N4O.2C10H19N4O.C9H17N4O.C8H15N4O/c1-15-6-10(13)9(11(14)7-15)5-8(16)3-2-4-12;1-15-6-10(13)9(11(14)7-15)4-2-3-8(16)5-12;1-14-5-9(12)8(10(13)6-14)4-7(15)2-3-11;1-14-5-9(12)8(10(13)6-14)3-2-7(15)4-11;1-13-4-8(11)7(9(12)5-13)2-6(14)3-10;1-12-3-5(10)8(6(11)4-12)7(13)2-9/h2*6-8,16H,2-5,12-14H2,1H3;2*5-7,15H,2-4,11-13H2,1H3;4-6,14H,2-3,10-12H2,1H3;3-4,7,13H,2,9-11H2,1H3/q6*+1. The first-order valence-electron chi connectivity index (χ1n) is 29.3. The van der Waals surface area contributed by atoms with Crippen LogP contribution in [0.1, 0.15) is 78.0 Å². The van der Waals surface area contributed by atoms with Crippen LogP contribution in [-0.4, -0.2) is 100 Å². The average Bonchev–Trinajstić information content (AvgIpc) is 3.04. The zero-order chi connectivity index (χ0) is 67.8. The first-order valence-corrected chi connectivity index (χ1v) is 29.3. The van der Waals surface area contributed by atoms with Gasteiger partial charge < -0.3 is 134 Å². The lowest BCUT2D eigenvalue weighted by molar-refractivity contribution is -0.670. The normalized spacial score (nSPS) is 12.7. The van der Waals surface area contributed by atoms with Crippen molar-refractivity contribution in [2.24, 2.45) is 76.7 Å². The molecule has 30 nitrogen and oxygen atoms in total. The highest BCUT2D eigenvalue weighted by atomic mass is 16.3. The van der Waals surface area contributed by atoms with E-state index >= 15 is 0 Å². The zero-order valence-electron chi connectivity index (χ0n) is 53.2. The van der Waals surface area contributed by atoms with Crippen molar-refractivity contribution in [3.05, 3.63) is 108 Å². The van der Waals surface area contributed by atoms with E-state index in [4.69, 9.17) is 103 Å². The largest absolute Gasteiger partial charge is 0.394 e. The lowest BCUT2D eigenvalue weighted by Crippen LogP contribution is -2.30. The number of aromatic nitrogens is 6. The number of nitrogen functional groups attached to an aromatic ring is 12. The van der Waals surface area contributed by atoms with Crippen molar-refractivity contribution in [3.8, 4) is 0 Å². The molecule has 0 fully saturated rings. The highest BCUT2D eigenvalue weighted by Crippen LogP contribution is 2.25. The summed E-state index contributed by atoms with van der Waals surface area (Å²) >= 11 is 0. The molecule has 0 aliphatic heterocycles. The molecule has 0 bridgehead atoms. The second kappa shape index (κ2) is 40.5. The molecule has 6 atom stereocenters. The molecule has 0 saturated heterocycles. The van der Waals surface area contributed by atoms with E-state index in [1.165, 1.54) is 0 Å². The topological polar surface area (TPSA) is 613 Å². The van der Waals surface area contributed by atoms with E-state index in [-0.39, 0.29) is 19.6 Å². The number of pyridine rings is 6. The van der Waals surface area contributed by atoms with Crippen LogP contribution in [0.3, 0.4) is 0 Å². The summed E-state index contributed by atoms with van der Waals surface area (Å²) in [5.74, 6) is 0. The van der Waals surface area contributed by atoms with Gasteiger partial charge in [-0.05, 0) is 64.5 Å². The van der Waals surface area contributed by atoms with Crippen molar-refractivity contribution in [1.29, 1.82) is 0 Å². The molecule has 498 valence electrons. The van der Waals surface area contributed by atoms with Crippen molar-refractivity contribution in [2.75, 3.05) is 108 Å². The van der Waals surface area contributed by atoms with E-state index in [2.05, 4.69) is 0 Å². The van der Waals surface area contributed by atoms with Gasteiger partial charge in [0.15, 0.2) is 74.4 Å². The van der Waals surface area contributed by atoms with Gasteiger partial charge in [0.05, 0.1) is 36.6 Å². The van der Waals surface area contributed by atoms with Gasteiger partial charge in [0.25, 0.3) is 0 Å². The summed E-state index contributed by atoms with van der Waals surface area (Å²) in [6.45, 7) is 1.94. The number of hydrogen-bond donors (Lipinski definition) is 24. The number of nitrogens with zero attached hydrogens (tertiary/aromatic N) is 6. The maximum Gasteiger partial charge on any atom is 0.192 e. The van der Waals surface area contributed by atoms with Crippen molar-refractivity contribution in [1.82, 2.24) is 0 Å². The van der Waals surface area contributed by atoms with Crippen LogP contribution in [0.5, 0.6) is 0 Å². The Labute approximate surface area is 524 Å². The van der Waals surface area contributed by atoms with Crippen LogP contribution in [0, 0.1) is 0 Å². The Bertz CT molecular complexity index is 2930. The van der Waals surface area contributed by atoms with Crippen LogP contribution >= 0.6 is 0 Å². The van der Waals surface area contributed by atoms with Gasteiger partial charge in [-0.3, -0.25) is 0 Å². The van der Waals surface area contributed by atoms with Crippen LogP contribution < -0.4 is 131 Å². The molecule has 42 N–H and O–H groups in total. The van der Waals surface area contributed by atoms with Gasteiger partial charge in [-0.15, -0.1) is 0 Å². The summed E-state index contributed by atoms with van der Waals surface area (Å²) < 4.78 is 10.8. The molecule has 0 saturated carbocycles. The highest BCUT2D eigenvalue weighted by Gasteiger charge is 2.19. The minimum atomic E-state index is -0.791. The molecule has 6 aromatic heterocycles. The van der Waals surface area contributed by atoms with Gasteiger partial charge in [0.1, 0.15) is 111 Å². The van der Waals surface area contributed by atoms with Gasteiger partial charge in [-0.25, -0.2) is 27.4 Å². The number of anilines is 12. The van der Waals surface area contributed by atoms with Gasteiger partial charge >= 0.3 is 0 Å². The third-order valence-corrected chi connectivity index (χ3v) is 13.8. The molecular formula is C59H112N24O6+6. The molecule has 30 heteroatoms. The van der Waals surface area contributed by atoms with E-state index in [9.17, 15) is 30.6 Å². The van der Waals surface area contributed by atoms with Gasteiger partial charge in [-0.2, -0.15) is 0 Å². The fourth-order valence-electron chi connectivity index (χ4n) is 9.16. The lowest BCUT2D eigenvalue weighted by atomic mass is 10.0. The Kier molecular flexibility index (Phi) is 36.0. The molecule has 6 rings (SSSR count). The van der Waals surface area contributed by atoms with Crippen LogP contribution in [0.25, 0.3) is 0 Å². The average molecular weight is 1250 g/mol. The number of aryl methyl sites for hydroxylation is 6. The monoisotopic (exact) mass is 1250 g/mol. The molecule has 0 aromatic carbocycles. The van der Waals surface area contributed by atoms with E-state index in [1.807, 2.05) is 63.8 Å².